The SMILES string of the molecule is c1ccc(-c2ccc3c(c2)oc2ccccc23)c(-c2ccc(N(c3ccc(-c4ccccc4-n4c5ccccc5c5ccccc54)cc3)c3ccc(-c4cccc5ccccc45)cc3)cc2)c1. The van der Waals surface area contributed by atoms with Gasteiger partial charge >= 0.3 is 0 Å². The van der Waals surface area contributed by atoms with E-state index in [0.29, 0.717) is 0 Å². The van der Waals surface area contributed by atoms with E-state index in [9.17, 15) is 0 Å². The summed E-state index contributed by atoms with van der Waals surface area (Å²) in [6, 6.07) is 91.9. The standard InChI is InChI=1S/C64H42N2O/c1-2-16-51-43(14-1)15-13-23-53(51)45-30-37-49(38-31-45)65(48-35-28-44(29-36-48)52-17-3-4-18-54(52)47-34-41-59-58-22-8-12-27-63(58)67-64(59)42-47)50-39-32-46(33-40-50)55-19-5-9-24-60(55)66-61-25-10-6-20-56(61)57-21-7-11-26-62(57)66/h1-42H. The zero-order valence-corrected chi connectivity index (χ0v) is 36.6. The molecule has 3 nitrogen and oxygen atoms in total. The summed E-state index contributed by atoms with van der Waals surface area (Å²) in [6.07, 6.45) is 0. The third-order valence-electron chi connectivity index (χ3n) is 13.4. The molecule has 13 aromatic rings. The maximum Gasteiger partial charge on any atom is 0.136 e. The minimum absolute atomic E-state index is 0.896. The van der Waals surface area contributed by atoms with Gasteiger partial charge in [-0.3, -0.25) is 0 Å². The lowest BCUT2D eigenvalue weighted by molar-refractivity contribution is 0.669. The van der Waals surface area contributed by atoms with Crippen LogP contribution in [0.4, 0.5) is 17.1 Å². The predicted molar refractivity (Wildman–Crippen MR) is 282 cm³/mol. The number of nitrogens with zero attached hydrogens (tertiary/aromatic N) is 2. The van der Waals surface area contributed by atoms with E-state index in [1.165, 1.54) is 54.8 Å². The molecule has 0 fully saturated rings. The summed E-state index contributed by atoms with van der Waals surface area (Å²) >= 11 is 0. The van der Waals surface area contributed by atoms with Crippen LogP contribution in [0, 0.1) is 0 Å². The first-order valence-electron chi connectivity index (χ1n) is 22.9. The fourth-order valence-electron chi connectivity index (χ4n) is 10.3. The highest BCUT2D eigenvalue weighted by molar-refractivity contribution is 6.10. The molecule has 0 radical (unpaired) electrons. The summed E-state index contributed by atoms with van der Waals surface area (Å²) in [6.45, 7) is 0. The Labute approximate surface area is 388 Å². The molecule has 0 N–H and O–H groups in total. The van der Waals surface area contributed by atoms with Gasteiger partial charge in [0.15, 0.2) is 0 Å². The molecule has 0 amide bonds. The highest BCUT2D eigenvalue weighted by atomic mass is 16.3. The third-order valence-corrected chi connectivity index (χ3v) is 13.4. The topological polar surface area (TPSA) is 21.3 Å². The van der Waals surface area contributed by atoms with Crippen LogP contribution in [0.25, 0.3) is 105 Å². The molecule has 0 aliphatic rings. The van der Waals surface area contributed by atoms with E-state index in [1.54, 1.807) is 0 Å². The Kier molecular flexibility index (Phi) is 9.17. The fourth-order valence-corrected chi connectivity index (χ4v) is 10.3. The molecule has 0 aliphatic carbocycles. The molecule has 13 rings (SSSR count). The molecule has 2 heterocycles. The first-order valence-corrected chi connectivity index (χ1v) is 22.9. The lowest BCUT2D eigenvalue weighted by atomic mass is 9.94. The molecule has 2 aromatic heterocycles. The van der Waals surface area contributed by atoms with Gasteiger partial charge in [0.05, 0.1) is 16.7 Å². The molecule has 0 unspecified atom stereocenters. The monoisotopic (exact) mass is 854 g/mol. The van der Waals surface area contributed by atoms with Crippen molar-refractivity contribution in [3.63, 3.8) is 0 Å². The number of fused-ring (bicyclic) bond motifs is 7. The molecule has 0 atom stereocenters. The third kappa shape index (κ3) is 6.59. The number of aromatic nitrogens is 1. The minimum Gasteiger partial charge on any atom is -0.456 e. The van der Waals surface area contributed by atoms with Crippen molar-refractivity contribution >= 4 is 71.6 Å². The Morgan fingerprint density at radius 2 is 0.716 bits per heavy atom. The van der Waals surface area contributed by atoms with Crippen molar-refractivity contribution in [2.24, 2.45) is 0 Å². The lowest BCUT2D eigenvalue weighted by Crippen LogP contribution is -2.10. The second-order valence-corrected chi connectivity index (χ2v) is 17.2. The van der Waals surface area contributed by atoms with Gasteiger partial charge in [0.25, 0.3) is 0 Å². The molecule has 0 bridgehead atoms. The molecule has 0 saturated heterocycles. The number of hydrogen-bond donors (Lipinski definition) is 0. The normalized spacial score (nSPS) is 11.6. The average molecular weight is 855 g/mol. The van der Waals surface area contributed by atoms with Gasteiger partial charge < -0.3 is 13.9 Å². The first kappa shape index (κ1) is 38.5. The van der Waals surface area contributed by atoms with Gasteiger partial charge in [-0.25, -0.2) is 0 Å². The van der Waals surface area contributed by atoms with Gasteiger partial charge in [0.2, 0.25) is 0 Å². The van der Waals surface area contributed by atoms with Gasteiger partial charge in [-0.1, -0.05) is 182 Å². The predicted octanol–water partition coefficient (Wildman–Crippen LogP) is 18.0. The molecule has 67 heavy (non-hydrogen) atoms. The molecule has 11 aromatic carbocycles. The zero-order chi connectivity index (χ0) is 44.3. The van der Waals surface area contributed by atoms with E-state index in [2.05, 4.69) is 252 Å². The fraction of sp³-hybridized carbons (Fsp3) is 0. The molecule has 314 valence electrons. The molecule has 0 spiro atoms. The number of furan rings is 1. The van der Waals surface area contributed by atoms with Crippen LogP contribution in [0.3, 0.4) is 0 Å². The van der Waals surface area contributed by atoms with Gasteiger partial charge in [-0.2, -0.15) is 0 Å². The molecule has 0 saturated carbocycles. The number of rotatable bonds is 8. The lowest BCUT2D eigenvalue weighted by Gasteiger charge is -2.26. The van der Waals surface area contributed by atoms with E-state index in [1.807, 2.05) is 12.1 Å². The average Bonchev–Trinajstić information content (AvgIpc) is 3.95. The van der Waals surface area contributed by atoms with E-state index in [0.717, 1.165) is 66.9 Å². The van der Waals surface area contributed by atoms with Crippen LogP contribution in [0.5, 0.6) is 0 Å². The van der Waals surface area contributed by atoms with E-state index >= 15 is 0 Å². The number of anilines is 3. The molecular formula is C64H42N2O. The van der Waals surface area contributed by atoms with Crippen LogP contribution < -0.4 is 4.90 Å². The Hall–Kier alpha value is -8.92. The summed E-state index contributed by atoms with van der Waals surface area (Å²) < 4.78 is 8.73. The van der Waals surface area contributed by atoms with Crippen LogP contribution in [-0.4, -0.2) is 4.57 Å². The second kappa shape index (κ2) is 16.0. The van der Waals surface area contributed by atoms with Gasteiger partial charge in [-0.05, 0) is 123 Å². The number of para-hydroxylation sites is 4. The van der Waals surface area contributed by atoms with Crippen LogP contribution in [0.2, 0.25) is 0 Å². The van der Waals surface area contributed by atoms with Crippen molar-refractivity contribution in [3.05, 3.63) is 255 Å². The maximum atomic E-state index is 6.32. The summed E-state index contributed by atoms with van der Waals surface area (Å²) in [4.78, 5) is 2.36. The number of benzene rings is 11. The van der Waals surface area contributed by atoms with E-state index < -0.39 is 0 Å². The van der Waals surface area contributed by atoms with Gasteiger partial charge in [0, 0.05) is 44.2 Å². The van der Waals surface area contributed by atoms with Crippen molar-refractivity contribution in [1.82, 2.24) is 4.57 Å². The Morgan fingerprint density at radius 1 is 0.284 bits per heavy atom. The quantitative estimate of drug-likeness (QED) is 0.152. The van der Waals surface area contributed by atoms with Crippen molar-refractivity contribution in [2.45, 2.75) is 0 Å². The highest BCUT2D eigenvalue weighted by Gasteiger charge is 2.18. The van der Waals surface area contributed by atoms with Crippen LogP contribution in [0.1, 0.15) is 0 Å². The minimum atomic E-state index is 0.896. The van der Waals surface area contributed by atoms with Gasteiger partial charge in [-0.15, -0.1) is 0 Å². The Morgan fingerprint density at radius 3 is 1.37 bits per heavy atom. The Balaban J connectivity index is 0.897. The van der Waals surface area contributed by atoms with Crippen LogP contribution in [-0.2, 0) is 0 Å². The van der Waals surface area contributed by atoms with Crippen LogP contribution in [0.15, 0.2) is 259 Å². The summed E-state index contributed by atoms with van der Waals surface area (Å²) in [7, 11) is 0. The van der Waals surface area contributed by atoms with Crippen molar-refractivity contribution < 1.29 is 4.42 Å². The number of hydrogen-bond acceptors (Lipinski definition) is 2. The molecular weight excluding hydrogens is 813 g/mol. The van der Waals surface area contributed by atoms with Crippen molar-refractivity contribution in [2.75, 3.05) is 4.90 Å². The largest absolute Gasteiger partial charge is 0.456 e. The van der Waals surface area contributed by atoms with Gasteiger partial charge in [0.1, 0.15) is 11.2 Å². The first-order chi connectivity index (χ1) is 33.2. The van der Waals surface area contributed by atoms with Crippen molar-refractivity contribution in [3.8, 4) is 50.2 Å². The highest BCUT2D eigenvalue weighted by Crippen LogP contribution is 2.42. The molecule has 0 aliphatic heterocycles. The van der Waals surface area contributed by atoms with E-state index in [4.69, 9.17) is 4.42 Å². The zero-order valence-electron chi connectivity index (χ0n) is 36.6. The van der Waals surface area contributed by atoms with Crippen LogP contribution >= 0.6 is 0 Å². The van der Waals surface area contributed by atoms with Crippen molar-refractivity contribution in [1.29, 1.82) is 0 Å². The van der Waals surface area contributed by atoms with E-state index in [-0.39, 0.29) is 0 Å². The maximum absolute atomic E-state index is 6.32. The summed E-state index contributed by atoms with van der Waals surface area (Å²) in [5, 5.41) is 7.27. The molecule has 3 heteroatoms. The smallest absolute Gasteiger partial charge is 0.136 e. The second-order valence-electron chi connectivity index (χ2n) is 17.2. The summed E-state index contributed by atoms with van der Waals surface area (Å²) in [5.74, 6) is 0. The summed E-state index contributed by atoms with van der Waals surface area (Å²) in [5.41, 5.74) is 17.9. The Bertz CT molecular complexity index is 3910.